The van der Waals surface area contributed by atoms with Gasteiger partial charge in [-0.05, 0) is 26.3 Å². The molecule has 6 nitrogen and oxygen atoms in total. The summed E-state index contributed by atoms with van der Waals surface area (Å²) in [5, 5.41) is 4.30. The maximum absolute atomic E-state index is 12.0. The van der Waals surface area contributed by atoms with Gasteiger partial charge in [-0.25, -0.2) is 0 Å². The molecule has 0 aliphatic rings. The second kappa shape index (κ2) is 7.61. The Hall–Kier alpha value is -2.11. The monoisotopic (exact) mass is 293 g/mol. The van der Waals surface area contributed by atoms with Crippen LogP contribution in [0.1, 0.15) is 29.8 Å². The number of hydrogen-bond acceptors (Lipinski definition) is 4. The molecule has 0 bridgehead atoms. The Labute approximate surface area is 125 Å². The first kappa shape index (κ1) is 16.9. The quantitative estimate of drug-likeness (QED) is 0.588. The van der Waals surface area contributed by atoms with Gasteiger partial charge >= 0.3 is 5.97 Å². The van der Waals surface area contributed by atoms with Gasteiger partial charge in [0.2, 0.25) is 5.91 Å². The first-order valence-corrected chi connectivity index (χ1v) is 6.87. The topological polar surface area (TPSA) is 64.4 Å². The summed E-state index contributed by atoms with van der Waals surface area (Å²) in [5.41, 5.74) is 2.88. The lowest BCUT2D eigenvalue weighted by Gasteiger charge is -2.14. The third-order valence-electron chi connectivity index (χ3n) is 3.44. The summed E-state index contributed by atoms with van der Waals surface area (Å²) < 4.78 is 6.35. The number of likely N-dealkylation sites (N-methyl/N-ethyl adjacent to an activating group) is 1. The van der Waals surface area contributed by atoms with Crippen LogP contribution >= 0.6 is 0 Å². The number of aryl methyl sites for hydroxylation is 2. The summed E-state index contributed by atoms with van der Waals surface area (Å²) in [6.07, 6.45) is 4.23. The van der Waals surface area contributed by atoms with Crippen molar-refractivity contribution in [1.29, 1.82) is 0 Å². The van der Waals surface area contributed by atoms with Crippen molar-refractivity contribution >= 4 is 18.0 Å². The van der Waals surface area contributed by atoms with Gasteiger partial charge in [-0.2, -0.15) is 5.10 Å². The Balaban J connectivity index is 2.55. The highest BCUT2D eigenvalue weighted by Crippen LogP contribution is 2.13. The zero-order chi connectivity index (χ0) is 16.0. The Kier molecular flexibility index (Phi) is 6.14. The minimum Gasteiger partial charge on any atom is -0.469 e. The molecule has 0 radical (unpaired) electrons. The van der Waals surface area contributed by atoms with Gasteiger partial charge < -0.3 is 9.64 Å². The molecule has 0 unspecified atom stereocenters. The van der Waals surface area contributed by atoms with Crippen LogP contribution in [-0.2, 0) is 21.4 Å². The summed E-state index contributed by atoms with van der Waals surface area (Å²) in [4.78, 5) is 24.6. The number of rotatable bonds is 6. The van der Waals surface area contributed by atoms with Crippen molar-refractivity contribution in [1.82, 2.24) is 14.7 Å². The predicted molar refractivity (Wildman–Crippen MR) is 80.6 cm³/mol. The first-order chi connectivity index (χ1) is 9.86. The molecule has 1 aromatic heterocycles. The van der Waals surface area contributed by atoms with E-state index in [1.54, 1.807) is 22.7 Å². The van der Waals surface area contributed by atoms with E-state index in [0.29, 0.717) is 19.4 Å². The summed E-state index contributed by atoms with van der Waals surface area (Å²) >= 11 is 0. The number of methoxy groups -OCH3 is 1. The Morgan fingerprint density at radius 1 is 1.38 bits per heavy atom. The zero-order valence-electron chi connectivity index (χ0n) is 13.3. The average Bonchev–Trinajstić information content (AvgIpc) is 2.69. The molecule has 1 rings (SSSR count). The molecular formula is C15H23N3O3. The van der Waals surface area contributed by atoms with Gasteiger partial charge in [-0.3, -0.25) is 14.3 Å². The Bertz CT molecular complexity index is 547. The molecule has 0 aromatic carbocycles. The van der Waals surface area contributed by atoms with Crippen molar-refractivity contribution in [3.63, 3.8) is 0 Å². The highest BCUT2D eigenvalue weighted by Gasteiger charge is 2.09. The normalized spacial score (nSPS) is 10.9. The van der Waals surface area contributed by atoms with Crippen LogP contribution in [0.15, 0.2) is 6.08 Å². The molecule has 6 heteroatoms. The van der Waals surface area contributed by atoms with Crippen molar-refractivity contribution in [3.8, 4) is 0 Å². The molecule has 0 saturated carbocycles. The molecule has 21 heavy (non-hydrogen) atoms. The van der Waals surface area contributed by atoms with E-state index in [0.717, 1.165) is 17.0 Å². The van der Waals surface area contributed by atoms with Gasteiger partial charge in [0.1, 0.15) is 0 Å². The second-order valence-corrected chi connectivity index (χ2v) is 4.98. The highest BCUT2D eigenvalue weighted by atomic mass is 16.5. The fourth-order valence-corrected chi connectivity index (χ4v) is 1.99. The number of nitrogens with zero attached hydrogens (tertiary/aromatic N) is 3. The Morgan fingerprint density at radius 2 is 2.05 bits per heavy atom. The third-order valence-corrected chi connectivity index (χ3v) is 3.44. The van der Waals surface area contributed by atoms with Crippen LogP contribution in [0.25, 0.3) is 6.08 Å². The molecular weight excluding hydrogens is 270 g/mol. The van der Waals surface area contributed by atoms with Crippen molar-refractivity contribution in [2.24, 2.45) is 7.05 Å². The lowest BCUT2D eigenvalue weighted by atomic mass is 10.2. The number of carbonyl (C=O) groups excluding carboxylic acids is 2. The largest absolute Gasteiger partial charge is 0.469 e. The standard InChI is InChI=1S/C15H23N3O3/c1-11-13(12(2)18(4)16-11)8-9-14(19)17(3)10-6-7-15(20)21-5/h8-9H,6-7,10H2,1-5H3/b9-8+. The van der Waals surface area contributed by atoms with Crippen LogP contribution in [0.4, 0.5) is 0 Å². The molecule has 0 N–H and O–H groups in total. The van der Waals surface area contributed by atoms with Crippen LogP contribution in [0.5, 0.6) is 0 Å². The maximum atomic E-state index is 12.0. The molecule has 0 aliphatic carbocycles. The van der Waals surface area contributed by atoms with Crippen LogP contribution in [0.2, 0.25) is 0 Å². The van der Waals surface area contributed by atoms with Gasteiger partial charge in [0, 0.05) is 44.4 Å². The SMILES string of the molecule is COC(=O)CCCN(C)C(=O)/C=C/c1c(C)nn(C)c1C. The van der Waals surface area contributed by atoms with Gasteiger partial charge in [-0.15, -0.1) is 0 Å². The summed E-state index contributed by atoms with van der Waals surface area (Å²) in [6, 6.07) is 0. The molecule has 1 amide bonds. The number of hydrogen-bond donors (Lipinski definition) is 0. The molecule has 0 atom stereocenters. The number of ether oxygens (including phenoxy) is 1. The highest BCUT2D eigenvalue weighted by molar-refractivity contribution is 5.91. The van der Waals surface area contributed by atoms with E-state index in [9.17, 15) is 9.59 Å². The lowest BCUT2D eigenvalue weighted by Crippen LogP contribution is -2.26. The van der Waals surface area contributed by atoms with Crippen molar-refractivity contribution < 1.29 is 14.3 Å². The van der Waals surface area contributed by atoms with Gasteiger partial charge in [0.05, 0.1) is 12.8 Å². The molecule has 0 saturated heterocycles. The number of aromatic nitrogens is 2. The minimum absolute atomic E-state index is 0.0949. The van der Waals surface area contributed by atoms with Gasteiger partial charge in [-0.1, -0.05) is 0 Å². The lowest BCUT2D eigenvalue weighted by molar-refractivity contribution is -0.141. The number of esters is 1. The number of carbonyl (C=O) groups is 2. The molecule has 0 aliphatic heterocycles. The van der Waals surface area contributed by atoms with Crippen LogP contribution in [0.3, 0.4) is 0 Å². The average molecular weight is 293 g/mol. The first-order valence-electron chi connectivity index (χ1n) is 6.87. The fourth-order valence-electron chi connectivity index (χ4n) is 1.99. The maximum Gasteiger partial charge on any atom is 0.305 e. The number of amides is 1. The molecule has 0 spiro atoms. The van der Waals surface area contributed by atoms with Gasteiger partial charge in [0.15, 0.2) is 0 Å². The second-order valence-electron chi connectivity index (χ2n) is 4.98. The zero-order valence-corrected chi connectivity index (χ0v) is 13.3. The van der Waals surface area contributed by atoms with E-state index >= 15 is 0 Å². The summed E-state index contributed by atoms with van der Waals surface area (Å²) in [5.74, 6) is -0.351. The summed E-state index contributed by atoms with van der Waals surface area (Å²) in [6.45, 7) is 4.39. The predicted octanol–water partition coefficient (Wildman–Crippen LogP) is 1.46. The van der Waals surface area contributed by atoms with E-state index in [1.165, 1.54) is 13.2 Å². The van der Waals surface area contributed by atoms with E-state index in [-0.39, 0.29) is 11.9 Å². The van der Waals surface area contributed by atoms with Crippen molar-refractivity contribution in [3.05, 3.63) is 23.0 Å². The fraction of sp³-hybridized carbons (Fsp3) is 0.533. The van der Waals surface area contributed by atoms with Crippen LogP contribution in [0, 0.1) is 13.8 Å². The van der Waals surface area contributed by atoms with E-state index in [1.807, 2.05) is 20.9 Å². The smallest absolute Gasteiger partial charge is 0.305 e. The van der Waals surface area contributed by atoms with Crippen LogP contribution in [-0.4, -0.2) is 47.3 Å². The minimum atomic E-state index is -0.256. The van der Waals surface area contributed by atoms with Gasteiger partial charge in [0.25, 0.3) is 0 Å². The molecule has 1 heterocycles. The van der Waals surface area contributed by atoms with E-state index in [2.05, 4.69) is 9.84 Å². The third kappa shape index (κ3) is 4.73. The van der Waals surface area contributed by atoms with E-state index in [4.69, 9.17) is 0 Å². The molecule has 1 aromatic rings. The van der Waals surface area contributed by atoms with Crippen LogP contribution < -0.4 is 0 Å². The van der Waals surface area contributed by atoms with E-state index < -0.39 is 0 Å². The van der Waals surface area contributed by atoms with Crippen molar-refractivity contribution in [2.75, 3.05) is 20.7 Å². The molecule has 116 valence electrons. The summed E-state index contributed by atoms with van der Waals surface area (Å²) in [7, 11) is 4.95. The Morgan fingerprint density at radius 3 is 2.57 bits per heavy atom. The molecule has 0 fully saturated rings. The van der Waals surface area contributed by atoms with Crippen molar-refractivity contribution in [2.45, 2.75) is 26.7 Å².